The third-order valence-corrected chi connectivity index (χ3v) is 2.66. The molecule has 4 heteroatoms. The summed E-state index contributed by atoms with van der Waals surface area (Å²) in [6.45, 7) is 0.513. The molecule has 0 aliphatic carbocycles. The second kappa shape index (κ2) is 3.10. The highest BCUT2D eigenvalue weighted by Crippen LogP contribution is 2.29. The van der Waals surface area contributed by atoms with Crippen LogP contribution in [-0.2, 0) is 0 Å². The van der Waals surface area contributed by atoms with Crippen molar-refractivity contribution in [2.24, 2.45) is 0 Å². The smallest absolute Gasteiger partial charge is 0.166 e. The second-order valence-corrected chi connectivity index (χ2v) is 3.74. The average molecular weight is 244 g/mol. The molecule has 0 fully saturated rings. The van der Waals surface area contributed by atoms with E-state index in [1.165, 1.54) is 0 Å². The van der Waals surface area contributed by atoms with Gasteiger partial charge in [-0.3, -0.25) is 4.79 Å². The molecule has 68 valence electrons. The Balaban J connectivity index is 2.63. The van der Waals surface area contributed by atoms with Gasteiger partial charge in [-0.15, -0.1) is 0 Å². The van der Waals surface area contributed by atoms with Crippen molar-refractivity contribution in [2.45, 2.75) is 6.42 Å². The van der Waals surface area contributed by atoms with Crippen LogP contribution in [0.1, 0.15) is 16.8 Å². The monoisotopic (exact) mass is 243 g/mol. The Morgan fingerprint density at radius 3 is 3.00 bits per heavy atom. The van der Waals surface area contributed by atoms with E-state index in [0.717, 1.165) is 0 Å². The number of nitrogens with one attached hydrogen (secondary N) is 1. The summed E-state index contributed by atoms with van der Waals surface area (Å²) in [4.78, 5) is 11.3. The minimum Gasteiger partial charge on any atom is -0.382 e. The van der Waals surface area contributed by atoms with Gasteiger partial charge in [0.2, 0.25) is 0 Å². The Morgan fingerprint density at radius 1 is 1.46 bits per heavy atom. The lowest BCUT2D eigenvalue weighted by Gasteiger charge is -2.17. The molecule has 0 bridgehead atoms. The van der Waals surface area contributed by atoms with Crippen LogP contribution >= 0.6 is 15.9 Å². The molecule has 0 aromatic heterocycles. The molecule has 1 heterocycles. The van der Waals surface area contributed by atoms with Gasteiger partial charge < -0.3 is 5.32 Å². The van der Waals surface area contributed by atoms with Gasteiger partial charge in [-0.1, -0.05) is 0 Å². The highest BCUT2D eigenvalue weighted by atomic mass is 79.9. The molecule has 0 saturated carbocycles. The summed E-state index contributed by atoms with van der Waals surface area (Å²) < 4.78 is 13.8. The molecule has 0 radical (unpaired) electrons. The SMILES string of the molecule is O=C1CCNc2c1ccc(Br)c2F. The molecule has 1 aromatic carbocycles. The molecule has 0 atom stereocenters. The highest BCUT2D eigenvalue weighted by Gasteiger charge is 2.20. The lowest BCUT2D eigenvalue weighted by atomic mass is 10.0. The average Bonchev–Trinajstić information content (AvgIpc) is 2.12. The lowest BCUT2D eigenvalue weighted by Crippen LogP contribution is -2.19. The number of carbonyl (C=O) groups is 1. The fourth-order valence-corrected chi connectivity index (χ4v) is 1.72. The molecular weight excluding hydrogens is 237 g/mol. The van der Waals surface area contributed by atoms with Crippen molar-refractivity contribution in [3.05, 3.63) is 28.0 Å². The van der Waals surface area contributed by atoms with Gasteiger partial charge in [0.1, 0.15) is 0 Å². The molecule has 0 amide bonds. The molecular formula is C9H7BrFNO. The number of Topliss-reactive ketones (excluding diaryl/α,β-unsaturated/α-hetero) is 1. The van der Waals surface area contributed by atoms with E-state index in [9.17, 15) is 9.18 Å². The lowest BCUT2D eigenvalue weighted by molar-refractivity contribution is 0.0983. The summed E-state index contributed by atoms with van der Waals surface area (Å²) in [6.07, 6.45) is 0.439. The van der Waals surface area contributed by atoms with Crippen molar-refractivity contribution in [1.29, 1.82) is 0 Å². The number of fused-ring (bicyclic) bond motifs is 1. The van der Waals surface area contributed by atoms with Crippen LogP contribution in [0.5, 0.6) is 0 Å². The van der Waals surface area contributed by atoms with Gasteiger partial charge in [-0.05, 0) is 28.1 Å². The van der Waals surface area contributed by atoms with Crippen molar-refractivity contribution in [3.63, 3.8) is 0 Å². The van der Waals surface area contributed by atoms with Gasteiger partial charge >= 0.3 is 0 Å². The predicted molar refractivity (Wildman–Crippen MR) is 51.5 cm³/mol. The summed E-state index contributed by atoms with van der Waals surface area (Å²) >= 11 is 3.07. The zero-order valence-electron chi connectivity index (χ0n) is 6.73. The third-order valence-electron chi connectivity index (χ3n) is 2.05. The number of hydrogen-bond donors (Lipinski definition) is 1. The van der Waals surface area contributed by atoms with E-state index in [1.807, 2.05) is 0 Å². The first-order chi connectivity index (χ1) is 6.20. The Kier molecular flexibility index (Phi) is 2.07. The molecule has 2 rings (SSSR count). The zero-order chi connectivity index (χ0) is 9.42. The second-order valence-electron chi connectivity index (χ2n) is 2.88. The summed E-state index contributed by atoms with van der Waals surface area (Å²) in [6, 6.07) is 3.19. The number of halogens is 2. The Hall–Kier alpha value is -0.900. The van der Waals surface area contributed by atoms with E-state index in [-0.39, 0.29) is 11.6 Å². The number of ketones is 1. The standard InChI is InChI=1S/C9H7BrFNO/c10-6-2-1-5-7(13)3-4-12-9(5)8(6)11/h1-2,12H,3-4H2. The van der Waals surface area contributed by atoms with Gasteiger partial charge in [0.05, 0.1) is 10.2 Å². The van der Waals surface area contributed by atoms with Gasteiger partial charge in [0.25, 0.3) is 0 Å². The predicted octanol–water partition coefficient (Wildman–Crippen LogP) is 2.59. The molecule has 1 aliphatic heterocycles. The van der Waals surface area contributed by atoms with Crippen molar-refractivity contribution in [2.75, 3.05) is 11.9 Å². The maximum absolute atomic E-state index is 13.4. The normalized spacial score (nSPS) is 15.1. The Labute approximate surface area is 83.3 Å². The van der Waals surface area contributed by atoms with Gasteiger partial charge in [0.15, 0.2) is 11.6 Å². The fourth-order valence-electron chi connectivity index (χ4n) is 1.39. The molecule has 2 nitrogen and oxygen atoms in total. The number of carbonyl (C=O) groups excluding carboxylic acids is 1. The van der Waals surface area contributed by atoms with Gasteiger partial charge in [-0.25, -0.2) is 4.39 Å². The first kappa shape index (κ1) is 8.69. The topological polar surface area (TPSA) is 29.1 Å². The number of hydrogen-bond acceptors (Lipinski definition) is 2. The van der Waals surface area contributed by atoms with Crippen LogP contribution in [0.25, 0.3) is 0 Å². The number of rotatable bonds is 0. The quantitative estimate of drug-likeness (QED) is 0.759. The van der Waals surface area contributed by atoms with E-state index < -0.39 is 0 Å². The van der Waals surface area contributed by atoms with Crippen LogP contribution in [0.2, 0.25) is 0 Å². The Bertz CT molecular complexity index is 378. The molecule has 0 spiro atoms. The zero-order valence-corrected chi connectivity index (χ0v) is 8.32. The van der Waals surface area contributed by atoms with E-state index in [2.05, 4.69) is 21.2 Å². The van der Waals surface area contributed by atoms with Crippen LogP contribution in [-0.4, -0.2) is 12.3 Å². The molecule has 1 aromatic rings. The largest absolute Gasteiger partial charge is 0.382 e. The minimum absolute atomic E-state index is 0.000139. The Morgan fingerprint density at radius 2 is 2.23 bits per heavy atom. The van der Waals surface area contributed by atoms with Crippen LogP contribution in [0, 0.1) is 5.82 Å². The van der Waals surface area contributed by atoms with E-state index in [4.69, 9.17) is 0 Å². The van der Waals surface area contributed by atoms with Gasteiger partial charge in [0, 0.05) is 18.5 Å². The summed E-state index contributed by atoms with van der Waals surface area (Å²) in [5, 5.41) is 2.88. The van der Waals surface area contributed by atoms with E-state index >= 15 is 0 Å². The molecule has 0 unspecified atom stereocenters. The first-order valence-electron chi connectivity index (χ1n) is 3.95. The van der Waals surface area contributed by atoms with Crippen LogP contribution in [0.15, 0.2) is 16.6 Å². The maximum atomic E-state index is 13.4. The van der Waals surface area contributed by atoms with Crippen LogP contribution in [0.4, 0.5) is 10.1 Å². The van der Waals surface area contributed by atoms with Crippen molar-refractivity contribution >= 4 is 27.4 Å². The fraction of sp³-hybridized carbons (Fsp3) is 0.222. The number of anilines is 1. The van der Waals surface area contributed by atoms with E-state index in [0.29, 0.717) is 28.7 Å². The highest BCUT2D eigenvalue weighted by molar-refractivity contribution is 9.10. The van der Waals surface area contributed by atoms with Crippen molar-refractivity contribution in [3.8, 4) is 0 Å². The maximum Gasteiger partial charge on any atom is 0.166 e. The van der Waals surface area contributed by atoms with Crippen molar-refractivity contribution in [1.82, 2.24) is 0 Å². The summed E-state index contributed by atoms with van der Waals surface area (Å²) in [7, 11) is 0. The molecule has 0 saturated heterocycles. The molecule has 1 aliphatic rings. The van der Waals surface area contributed by atoms with Gasteiger partial charge in [-0.2, -0.15) is 0 Å². The van der Waals surface area contributed by atoms with Crippen molar-refractivity contribution < 1.29 is 9.18 Å². The van der Waals surface area contributed by atoms with E-state index in [1.54, 1.807) is 12.1 Å². The summed E-state index contributed by atoms with van der Waals surface area (Å²) in [5.41, 5.74) is 0.776. The first-order valence-corrected chi connectivity index (χ1v) is 4.74. The summed E-state index contributed by atoms with van der Waals surface area (Å²) in [5.74, 6) is -0.384. The molecule has 13 heavy (non-hydrogen) atoms. The molecule has 1 N–H and O–H groups in total. The number of benzene rings is 1. The van der Waals surface area contributed by atoms with Crippen LogP contribution < -0.4 is 5.32 Å². The van der Waals surface area contributed by atoms with Crippen LogP contribution in [0.3, 0.4) is 0 Å². The minimum atomic E-state index is -0.384. The third kappa shape index (κ3) is 1.35.